The highest BCUT2D eigenvalue weighted by Crippen LogP contribution is 2.26. The van der Waals surface area contributed by atoms with E-state index in [9.17, 15) is 17.6 Å². The molecule has 3 heterocycles. The minimum absolute atomic E-state index is 0.0224. The number of aromatic nitrogens is 2. The molecule has 32 heavy (non-hydrogen) atoms. The second-order valence-electron chi connectivity index (χ2n) is 8.72. The van der Waals surface area contributed by atoms with Crippen LogP contribution < -0.4 is 4.90 Å². The van der Waals surface area contributed by atoms with E-state index in [0.717, 1.165) is 0 Å². The van der Waals surface area contributed by atoms with Gasteiger partial charge in [-0.15, -0.1) is 0 Å². The van der Waals surface area contributed by atoms with Gasteiger partial charge in [0.2, 0.25) is 5.91 Å². The number of imidazole rings is 1. The summed E-state index contributed by atoms with van der Waals surface area (Å²) in [6.07, 6.45) is 4.38. The van der Waals surface area contributed by atoms with Gasteiger partial charge < -0.3 is 14.4 Å². The van der Waals surface area contributed by atoms with Crippen LogP contribution in [0.5, 0.6) is 0 Å². The highest BCUT2D eigenvalue weighted by Gasteiger charge is 2.37. The van der Waals surface area contributed by atoms with Crippen LogP contribution in [0.4, 0.5) is 10.1 Å². The lowest BCUT2D eigenvalue weighted by molar-refractivity contribution is -0.137. The van der Waals surface area contributed by atoms with Crippen molar-refractivity contribution in [3.63, 3.8) is 0 Å². The molecule has 0 saturated carbocycles. The maximum Gasteiger partial charge on any atom is 0.262 e. The van der Waals surface area contributed by atoms with Crippen molar-refractivity contribution >= 4 is 21.6 Å². The number of anilines is 1. The Hall–Kier alpha value is -2.46. The third-order valence-electron chi connectivity index (χ3n) is 6.30. The first-order chi connectivity index (χ1) is 15.3. The topological polar surface area (TPSA) is 78.8 Å². The standard InChI is InChI=1S/C22H30FN5O3S/c1-17(2)27-15-21(24-16-27)32(30,31)28-9-5-6-18(14-28)22(29)26-12-10-25(11-13-26)20-8-4-3-7-19(20)23/h3-4,7-8,15-18H,5-6,9-14H2,1-2H3. The second kappa shape index (κ2) is 9.19. The Morgan fingerprint density at radius 2 is 1.84 bits per heavy atom. The van der Waals surface area contributed by atoms with Gasteiger partial charge in [-0.3, -0.25) is 4.79 Å². The Labute approximate surface area is 188 Å². The number of piperazine rings is 1. The van der Waals surface area contributed by atoms with Crippen LogP contribution in [0.15, 0.2) is 41.8 Å². The van der Waals surface area contributed by atoms with Gasteiger partial charge in [-0.1, -0.05) is 12.1 Å². The van der Waals surface area contributed by atoms with Crippen molar-refractivity contribution in [1.29, 1.82) is 0 Å². The predicted molar refractivity (Wildman–Crippen MR) is 119 cm³/mol. The molecule has 2 fully saturated rings. The summed E-state index contributed by atoms with van der Waals surface area (Å²) in [4.78, 5) is 21.0. The fraction of sp³-hybridized carbons (Fsp3) is 0.545. The third-order valence-corrected chi connectivity index (χ3v) is 8.05. The van der Waals surface area contributed by atoms with Crippen LogP contribution in [-0.2, 0) is 14.8 Å². The average molecular weight is 464 g/mol. The first-order valence-electron chi connectivity index (χ1n) is 11.1. The van der Waals surface area contributed by atoms with Crippen LogP contribution in [0, 0.1) is 11.7 Å². The number of hydrogen-bond acceptors (Lipinski definition) is 5. The number of nitrogens with zero attached hydrogens (tertiary/aromatic N) is 5. The highest BCUT2D eigenvalue weighted by atomic mass is 32.2. The largest absolute Gasteiger partial charge is 0.366 e. The zero-order valence-electron chi connectivity index (χ0n) is 18.5. The summed E-state index contributed by atoms with van der Waals surface area (Å²) in [5.74, 6) is -0.656. The maximum atomic E-state index is 14.1. The summed E-state index contributed by atoms with van der Waals surface area (Å²) in [6, 6.07) is 6.77. The summed E-state index contributed by atoms with van der Waals surface area (Å²) in [5.41, 5.74) is 0.551. The molecule has 174 valence electrons. The molecule has 2 aliphatic rings. The normalized spacial score (nSPS) is 20.7. The monoisotopic (exact) mass is 463 g/mol. The van der Waals surface area contributed by atoms with E-state index in [0.29, 0.717) is 51.3 Å². The molecule has 0 radical (unpaired) electrons. The van der Waals surface area contributed by atoms with Gasteiger partial charge in [-0.25, -0.2) is 17.8 Å². The fourth-order valence-corrected chi connectivity index (χ4v) is 5.81. The number of hydrogen-bond donors (Lipinski definition) is 0. The smallest absolute Gasteiger partial charge is 0.262 e. The van der Waals surface area contributed by atoms with Gasteiger partial charge >= 0.3 is 0 Å². The van der Waals surface area contributed by atoms with Gasteiger partial charge in [0, 0.05) is 51.5 Å². The summed E-state index contributed by atoms with van der Waals surface area (Å²) in [6.45, 7) is 6.57. The van der Waals surface area contributed by atoms with Crippen molar-refractivity contribution in [3.05, 3.63) is 42.6 Å². The summed E-state index contributed by atoms with van der Waals surface area (Å²) >= 11 is 0. The predicted octanol–water partition coefficient (Wildman–Crippen LogP) is 2.35. The lowest BCUT2D eigenvalue weighted by Crippen LogP contribution is -2.53. The molecule has 2 aromatic rings. The molecule has 2 aliphatic heterocycles. The van der Waals surface area contributed by atoms with Crippen molar-refractivity contribution in [2.75, 3.05) is 44.2 Å². The molecule has 0 N–H and O–H groups in total. The van der Waals surface area contributed by atoms with Gasteiger partial charge in [0.05, 0.1) is 17.9 Å². The van der Waals surface area contributed by atoms with E-state index < -0.39 is 10.0 Å². The van der Waals surface area contributed by atoms with Gasteiger partial charge in [0.25, 0.3) is 10.0 Å². The Morgan fingerprint density at radius 1 is 1.12 bits per heavy atom. The zero-order chi connectivity index (χ0) is 22.9. The van der Waals surface area contributed by atoms with E-state index in [2.05, 4.69) is 4.98 Å². The molecule has 1 aromatic carbocycles. The molecule has 1 atom stereocenters. The van der Waals surface area contributed by atoms with Crippen molar-refractivity contribution < 1.29 is 17.6 Å². The lowest BCUT2D eigenvalue weighted by atomic mass is 9.97. The van der Waals surface area contributed by atoms with Crippen LogP contribution >= 0.6 is 0 Å². The molecule has 0 spiro atoms. The van der Waals surface area contributed by atoms with E-state index in [4.69, 9.17) is 0 Å². The van der Waals surface area contributed by atoms with Crippen molar-refractivity contribution in [2.24, 2.45) is 5.92 Å². The molecule has 4 rings (SSSR count). The number of halogens is 1. The zero-order valence-corrected chi connectivity index (χ0v) is 19.3. The van der Waals surface area contributed by atoms with Crippen LogP contribution in [0.3, 0.4) is 0 Å². The van der Waals surface area contributed by atoms with E-state index in [1.165, 1.54) is 16.7 Å². The quantitative estimate of drug-likeness (QED) is 0.680. The second-order valence-corrected chi connectivity index (χ2v) is 10.6. The molecule has 0 aliphatic carbocycles. The molecule has 1 aromatic heterocycles. The number of rotatable bonds is 5. The average Bonchev–Trinajstić information content (AvgIpc) is 3.31. The van der Waals surface area contributed by atoms with Gasteiger partial charge in [0.15, 0.2) is 5.03 Å². The van der Waals surface area contributed by atoms with Gasteiger partial charge in [0.1, 0.15) is 5.82 Å². The number of carbonyl (C=O) groups excluding carboxylic acids is 1. The molecule has 10 heteroatoms. The van der Waals surface area contributed by atoms with Crippen molar-refractivity contribution in [2.45, 2.75) is 37.8 Å². The van der Waals surface area contributed by atoms with Crippen molar-refractivity contribution in [3.8, 4) is 0 Å². The van der Waals surface area contributed by atoms with E-state index >= 15 is 0 Å². The summed E-state index contributed by atoms with van der Waals surface area (Å²) < 4.78 is 43.4. The van der Waals surface area contributed by atoms with E-state index in [1.807, 2.05) is 18.7 Å². The molecular weight excluding hydrogens is 433 g/mol. The third kappa shape index (κ3) is 4.52. The number of para-hydroxylation sites is 1. The fourth-order valence-electron chi connectivity index (χ4n) is 4.36. The summed E-state index contributed by atoms with van der Waals surface area (Å²) in [7, 11) is -3.74. The van der Waals surface area contributed by atoms with Crippen LogP contribution in [0.25, 0.3) is 0 Å². The number of carbonyl (C=O) groups is 1. The maximum absolute atomic E-state index is 14.1. The Kier molecular flexibility index (Phi) is 6.52. The minimum atomic E-state index is -3.74. The molecular formula is C22H30FN5O3S. The first kappa shape index (κ1) is 22.7. The number of sulfonamides is 1. The molecule has 0 bridgehead atoms. The molecule has 2 saturated heterocycles. The van der Waals surface area contributed by atoms with Crippen LogP contribution in [0.1, 0.15) is 32.7 Å². The number of benzene rings is 1. The Morgan fingerprint density at radius 3 is 2.50 bits per heavy atom. The Balaban J connectivity index is 1.39. The van der Waals surface area contributed by atoms with Gasteiger partial charge in [-0.05, 0) is 38.8 Å². The summed E-state index contributed by atoms with van der Waals surface area (Å²) in [5, 5.41) is 0.0257. The molecule has 1 unspecified atom stereocenters. The van der Waals surface area contributed by atoms with E-state index in [1.54, 1.807) is 33.9 Å². The first-order valence-corrected chi connectivity index (χ1v) is 12.5. The van der Waals surface area contributed by atoms with Crippen LogP contribution in [-0.4, -0.2) is 72.3 Å². The minimum Gasteiger partial charge on any atom is -0.366 e. The van der Waals surface area contributed by atoms with Crippen molar-refractivity contribution in [1.82, 2.24) is 18.8 Å². The highest BCUT2D eigenvalue weighted by molar-refractivity contribution is 7.89. The molecule has 8 nitrogen and oxygen atoms in total. The van der Waals surface area contributed by atoms with E-state index in [-0.39, 0.29) is 35.3 Å². The van der Waals surface area contributed by atoms with Crippen LogP contribution in [0.2, 0.25) is 0 Å². The van der Waals surface area contributed by atoms with Gasteiger partial charge in [-0.2, -0.15) is 4.31 Å². The SMILES string of the molecule is CC(C)n1cnc(S(=O)(=O)N2CCCC(C(=O)N3CCN(c4ccccc4F)CC3)C2)c1. The lowest BCUT2D eigenvalue weighted by Gasteiger charge is -2.39. The number of piperidine rings is 1. The number of amides is 1. The molecule has 1 amide bonds. The Bertz CT molecular complexity index is 1060.